The summed E-state index contributed by atoms with van der Waals surface area (Å²) < 4.78 is 121. The van der Waals surface area contributed by atoms with Gasteiger partial charge in [0.05, 0.1) is 0 Å². The summed E-state index contributed by atoms with van der Waals surface area (Å²) in [6.07, 6.45) is 13.7. The van der Waals surface area contributed by atoms with E-state index in [1.165, 1.54) is 9.36 Å². The Hall–Kier alpha value is -4.33. The molecule has 4 heterocycles. The van der Waals surface area contributed by atoms with Crippen molar-refractivity contribution < 1.29 is 68.8 Å². The van der Waals surface area contributed by atoms with E-state index >= 15 is 0 Å². The molecule has 268 valence electrons. The number of H-pyrrole nitrogens is 2. The van der Waals surface area contributed by atoms with Crippen LogP contribution in [0.3, 0.4) is 0 Å². The van der Waals surface area contributed by atoms with Crippen molar-refractivity contribution in [2.75, 3.05) is 28.2 Å². The van der Waals surface area contributed by atoms with E-state index < -0.39 is 31.3 Å². The molecule has 0 aromatic carbocycles. The molecule has 0 aliphatic carbocycles. The fraction of sp³-hybridized carbons (Fsp3) is 0.300. The summed E-state index contributed by atoms with van der Waals surface area (Å²) in [5, 5.41) is 35.0. The maximum atomic E-state index is 10.7. The third kappa shape index (κ3) is 22.8. The van der Waals surface area contributed by atoms with Gasteiger partial charge in [0.15, 0.2) is 20.2 Å². The average Bonchev–Trinajstić information content (AvgIpc) is 3.76. The fourth-order valence-corrected chi connectivity index (χ4v) is 1.63. The standard InChI is InChI=1S/2C6H10N4.2C3H4N2.2CHF3O3S.Ni/c2*1-9(2)6(7)10-5-3-4-8-10;2*1-2-4-5-3-1;2*2-1(3,4)8(5,6)7;/h2*3-5,7H,1-2H3;2*1-3H,(H,4,5);2*(H,5,6,7);/q;;;;;;+2/p-2. The summed E-state index contributed by atoms with van der Waals surface area (Å²) in [5.41, 5.74) is -11.3. The summed E-state index contributed by atoms with van der Waals surface area (Å²) in [7, 11) is -4.94. The van der Waals surface area contributed by atoms with Crippen molar-refractivity contribution in [2.45, 2.75) is 11.0 Å². The Bertz CT molecular complexity index is 1400. The quantitative estimate of drug-likeness (QED) is 0.0494. The number of aromatic nitrogens is 8. The molecule has 0 saturated heterocycles. The van der Waals surface area contributed by atoms with E-state index in [0.717, 1.165) is 0 Å². The Labute approximate surface area is 274 Å². The first-order valence-electron chi connectivity index (χ1n) is 11.4. The molecule has 0 fully saturated rings. The van der Waals surface area contributed by atoms with Crippen molar-refractivity contribution in [3.05, 3.63) is 73.8 Å². The maximum Gasteiger partial charge on any atom is 2.00 e. The zero-order valence-electron chi connectivity index (χ0n) is 24.4. The van der Waals surface area contributed by atoms with E-state index in [9.17, 15) is 26.3 Å². The first-order valence-corrected chi connectivity index (χ1v) is 14.2. The van der Waals surface area contributed by atoms with Gasteiger partial charge in [0.25, 0.3) is 0 Å². The number of halogens is 6. The molecule has 0 amide bonds. The van der Waals surface area contributed by atoms with E-state index in [1.54, 1.807) is 71.5 Å². The first-order chi connectivity index (χ1) is 20.9. The topological polar surface area (TPSA) is 262 Å². The molecule has 27 heteroatoms. The number of nitrogens with one attached hydrogen (secondary N) is 4. The van der Waals surface area contributed by atoms with E-state index in [-0.39, 0.29) is 16.5 Å². The molecule has 0 bridgehead atoms. The van der Waals surface area contributed by atoms with Gasteiger partial charge in [-0.1, -0.05) is 0 Å². The van der Waals surface area contributed by atoms with Crippen molar-refractivity contribution in [2.24, 2.45) is 0 Å². The SMILES string of the molecule is CN(C)C(=N)n1cccn1.CN(C)C(=N)n1cccn1.O=S(=O)([O-])C(F)(F)F.O=S(=O)([O-])C(F)(F)F.[Ni+2].c1cn[nH]c1.c1cn[nH]c1. The second-order valence-electron chi connectivity index (χ2n) is 7.67. The molecule has 47 heavy (non-hydrogen) atoms. The van der Waals surface area contributed by atoms with Crippen LogP contribution in [0.15, 0.2) is 73.8 Å². The van der Waals surface area contributed by atoms with E-state index in [2.05, 4.69) is 30.6 Å². The van der Waals surface area contributed by atoms with Crippen LogP contribution in [0.1, 0.15) is 0 Å². The predicted molar refractivity (Wildman–Crippen MR) is 147 cm³/mol. The van der Waals surface area contributed by atoms with Gasteiger partial charge in [-0.2, -0.15) is 46.7 Å². The van der Waals surface area contributed by atoms with Crippen LogP contribution in [-0.4, -0.2) is 127 Å². The Balaban J connectivity index is -0.000000501. The van der Waals surface area contributed by atoms with Crippen LogP contribution in [0.2, 0.25) is 0 Å². The molecule has 4 aromatic heterocycles. The molecule has 0 aliphatic heterocycles. The molecule has 0 atom stereocenters. The van der Waals surface area contributed by atoms with Crippen LogP contribution < -0.4 is 0 Å². The summed E-state index contributed by atoms with van der Waals surface area (Å²) in [6, 6.07) is 7.25. The predicted octanol–water partition coefficient (Wildman–Crippen LogP) is 1.37. The largest absolute Gasteiger partial charge is 2.00 e. The monoisotopic (exact) mass is 768 g/mol. The molecule has 0 spiro atoms. The molecule has 0 aliphatic rings. The molecule has 0 saturated carbocycles. The molecule has 4 rings (SSSR count). The van der Waals surface area contributed by atoms with Gasteiger partial charge in [0.1, 0.15) is 0 Å². The Morgan fingerprint density at radius 2 is 0.936 bits per heavy atom. The number of nitrogens with zero attached hydrogens (tertiary/aromatic N) is 8. The van der Waals surface area contributed by atoms with Gasteiger partial charge in [-0.3, -0.25) is 21.0 Å². The van der Waals surface area contributed by atoms with Gasteiger partial charge in [-0.15, -0.1) is 0 Å². The molecule has 4 N–H and O–H groups in total. The van der Waals surface area contributed by atoms with Crippen LogP contribution in [-0.2, 0) is 36.7 Å². The van der Waals surface area contributed by atoms with Gasteiger partial charge in [-0.25, -0.2) is 26.2 Å². The molecule has 0 radical (unpaired) electrons. The summed E-state index contributed by atoms with van der Waals surface area (Å²) in [6.45, 7) is 0. The minimum absolute atomic E-state index is 0. The van der Waals surface area contributed by atoms with Gasteiger partial charge in [-0.05, 0) is 24.3 Å². The smallest absolute Gasteiger partial charge is 0.741 e. The Kier molecular flexibility index (Phi) is 22.3. The van der Waals surface area contributed by atoms with Crippen LogP contribution >= 0.6 is 0 Å². The van der Waals surface area contributed by atoms with E-state index in [4.69, 9.17) is 36.8 Å². The maximum absolute atomic E-state index is 10.7. The van der Waals surface area contributed by atoms with E-state index in [0.29, 0.717) is 11.9 Å². The zero-order valence-corrected chi connectivity index (χ0v) is 27.0. The molecular formula is C20H28F6N12NiO6S2. The van der Waals surface area contributed by atoms with Gasteiger partial charge >= 0.3 is 27.5 Å². The van der Waals surface area contributed by atoms with Crippen molar-refractivity contribution >= 4 is 32.2 Å². The first kappa shape index (κ1) is 47.1. The van der Waals surface area contributed by atoms with Gasteiger partial charge in [0, 0.05) is 77.8 Å². The van der Waals surface area contributed by atoms with Crippen LogP contribution in [0, 0.1) is 10.8 Å². The van der Waals surface area contributed by atoms with Crippen molar-refractivity contribution in [3.63, 3.8) is 0 Å². The second kappa shape index (κ2) is 22.2. The molecule has 18 nitrogen and oxygen atoms in total. The van der Waals surface area contributed by atoms with Crippen LogP contribution in [0.25, 0.3) is 0 Å². The number of aromatic amines is 2. The number of hydrogen-bond acceptors (Lipinski definition) is 12. The number of alkyl halides is 6. The number of hydrogen-bond donors (Lipinski definition) is 4. The molecule has 4 aromatic rings. The van der Waals surface area contributed by atoms with Crippen LogP contribution in [0.4, 0.5) is 26.3 Å². The Morgan fingerprint density at radius 3 is 1.04 bits per heavy atom. The van der Waals surface area contributed by atoms with Gasteiger partial charge < -0.3 is 18.9 Å². The average molecular weight is 769 g/mol. The Morgan fingerprint density at radius 1 is 0.660 bits per heavy atom. The van der Waals surface area contributed by atoms with Crippen molar-refractivity contribution in [1.82, 2.24) is 49.8 Å². The molecular weight excluding hydrogens is 741 g/mol. The molecule has 0 unspecified atom stereocenters. The summed E-state index contributed by atoms with van der Waals surface area (Å²) in [5.74, 6) is 0.731. The third-order valence-corrected chi connectivity index (χ3v) is 4.80. The van der Waals surface area contributed by atoms with Crippen molar-refractivity contribution in [1.29, 1.82) is 10.8 Å². The fourth-order valence-electron chi connectivity index (χ4n) is 1.63. The summed E-state index contributed by atoms with van der Waals surface area (Å²) in [4.78, 5) is 3.38. The van der Waals surface area contributed by atoms with Crippen molar-refractivity contribution in [3.8, 4) is 0 Å². The second-order valence-corrected chi connectivity index (χ2v) is 10.4. The van der Waals surface area contributed by atoms with Gasteiger partial charge in [0.2, 0.25) is 11.9 Å². The van der Waals surface area contributed by atoms with Crippen LogP contribution in [0.5, 0.6) is 0 Å². The van der Waals surface area contributed by atoms with E-state index in [1.807, 2.05) is 40.3 Å². The minimum atomic E-state index is -6.09. The number of rotatable bonds is 0. The normalized spacial score (nSPS) is 10.5. The third-order valence-electron chi connectivity index (χ3n) is 3.67. The summed E-state index contributed by atoms with van der Waals surface area (Å²) >= 11 is 0. The minimum Gasteiger partial charge on any atom is -0.741 e. The zero-order chi connectivity index (χ0) is 36.2.